The summed E-state index contributed by atoms with van der Waals surface area (Å²) in [4.78, 5) is 4.54. The number of nitrogens with one attached hydrogen (secondary N) is 1. The molecule has 3 nitrogen and oxygen atoms in total. The number of nitrogens with zero attached hydrogens (tertiary/aromatic N) is 1. The Kier molecular flexibility index (Phi) is 3.23. The van der Waals surface area contributed by atoms with E-state index in [1.54, 1.807) is 23.1 Å². The third kappa shape index (κ3) is 2.24. The van der Waals surface area contributed by atoms with Gasteiger partial charge in [0.15, 0.2) is 4.34 Å². The smallest absolute Gasteiger partial charge is 0.150 e. The van der Waals surface area contributed by atoms with Gasteiger partial charge in [0, 0.05) is 17.1 Å². The molecule has 2 unspecified atom stereocenters. The zero-order valence-electron chi connectivity index (χ0n) is 11.3. The summed E-state index contributed by atoms with van der Waals surface area (Å²) in [5.74, 6) is 0. The number of anilines is 1. The molecular formula is C14H18N2OS2. The number of benzene rings is 1. The fourth-order valence-corrected chi connectivity index (χ4v) is 3.96. The van der Waals surface area contributed by atoms with E-state index in [-0.39, 0.29) is 11.5 Å². The highest BCUT2D eigenvalue weighted by atomic mass is 32.2. The number of aromatic nitrogens is 1. The van der Waals surface area contributed by atoms with Gasteiger partial charge in [0.25, 0.3) is 0 Å². The van der Waals surface area contributed by atoms with Gasteiger partial charge in [-0.25, -0.2) is 4.98 Å². The van der Waals surface area contributed by atoms with Gasteiger partial charge in [-0.15, -0.1) is 11.3 Å². The molecule has 3 rings (SSSR count). The number of thioether (sulfide) groups is 1. The quantitative estimate of drug-likeness (QED) is 0.849. The third-order valence-electron chi connectivity index (χ3n) is 4.10. The number of hydrogen-bond donors (Lipinski definition) is 2. The highest BCUT2D eigenvalue weighted by molar-refractivity contribution is 8.00. The normalized spacial score (nSPS) is 25.3. The zero-order chi connectivity index (χ0) is 13.6. The van der Waals surface area contributed by atoms with E-state index in [0.717, 1.165) is 22.0 Å². The predicted molar refractivity (Wildman–Crippen MR) is 83.2 cm³/mol. The molecule has 0 spiro atoms. The summed E-state index contributed by atoms with van der Waals surface area (Å²) in [6, 6.07) is 6.64. The van der Waals surface area contributed by atoms with Crippen molar-refractivity contribution in [3.05, 3.63) is 18.2 Å². The SMILES string of the molecule is CSc1nc2ccc(NC3CC(O)C3(C)C)cc2s1. The number of hydrogen-bond acceptors (Lipinski definition) is 5. The molecule has 2 N–H and O–H groups in total. The van der Waals surface area contributed by atoms with Gasteiger partial charge in [-0.1, -0.05) is 25.6 Å². The molecule has 1 aromatic carbocycles. The Morgan fingerprint density at radius 3 is 2.89 bits per heavy atom. The van der Waals surface area contributed by atoms with Crippen molar-refractivity contribution in [2.24, 2.45) is 5.41 Å². The van der Waals surface area contributed by atoms with E-state index in [2.05, 4.69) is 48.6 Å². The first-order chi connectivity index (χ1) is 9.00. The molecule has 2 atom stereocenters. The lowest BCUT2D eigenvalue weighted by molar-refractivity contribution is -0.0510. The number of thiazole rings is 1. The summed E-state index contributed by atoms with van der Waals surface area (Å²) in [5.41, 5.74) is 2.13. The van der Waals surface area contributed by atoms with Gasteiger partial charge in [-0.05, 0) is 30.9 Å². The number of rotatable bonds is 3. The molecule has 0 bridgehead atoms. The van der Waals surface area contributed by atoms with Crippen molar-refractivity contribution in [2.75, 3.05) is 11.6 Å². The Morgan fingerprint density at radius 1 is 1.47 bits per heavy atom. The largest absolute Gasteiger partial charge is 0.392 e. The van der Waals surface area contributed by atoms with Crippen molar-refractivity contribution in [2.45, 2.75) is 36.8 Å². The second kappa shape index (κ2) is 4.65. The van der Waals surface area contributed by atoms with Gasteiger partial charge < -0.3 is 10.4 Å². The van der Waals surface area contributed by atoms with E-state index in [0.29, 0.717) is 6.04 Å². The minimum Gasteiger partial charge on any atom is -0.392 e. The first kappa shape index (κ1) is 13.2. The average Bonchev–Trinajstić information content (AvgIpc) is 2.80. The average molecular weight is 294 g/mol. The molecule has 0 radical (unpaired) electrons. The molecule has 1 fully saturated rings. The molecule has 0 aliphatic heterocycles. The van der Waals surface area contributed by atoms with Crippen LogP contribution in [0.1, 0.15) is 20.3 Å². The number of aliphatic hydroxyl groups is 1. The molecule has 0 saturated heterocycles. The van der Waals surface area contributed by atoms with Crippen LogP contribution in [0.3, 0.4) is 0 Å². The number of aliphatic hydroxyl groups excluding tert-OH is 1. The van der Waals surface area contributed by atoms with Crippen LogP contribution < -0.4 is 5.32 Å². The van der Waals surface area contributed by atoms with Crippen LogP contribution in [0.2, 0.25) is 0 Å². The lowest BCUT2D eigenvalue weighted by atomic mass is 9.64. The Labute approximate surface area is 121 Å². The van der Waals surface area contributed by atoms with Crippen LogP contribution in [0.15, 0.2) is 22.5 Å². The summed E-state index contributed by atoms with van der Waals surface area (Å²) >= 11 is 3.41. The number of fused-ring (bicyclic) bond motifs is 1. The predicted octanol–water partition coefficient (Wildman–Crippen LogP) is 3.59. The lowest BCUT2D eigenvalue weighted by Crippen LogP contribution is -2.56. The molecule has 5 heteroatoms. The van der Waals surface area contributed by atoms with E-state index < -0.39 is 0 Å². The summed E-state index contributed by atoms with van der Waals surface area (Å²) in [5, 5.41) is 13.3. The van der Waals surface area contributed by atoms with Crippen LogP contribution in [-0.4, -0.2) is 28.5 Å². The molecule has 1 aromatic heterocycles. The zero-order valence-corrected chi connectivity index (χ0v) is 12.9. The molecule has 1 heterocycles. The lowest BCUT2D eigenvalue weighted by Gasteiger charge is -2.49. The van der Waals surface area contributed by atoms with E-state index >= 15 is 0 Å². The van der Waals surface area contributed by atoms with Crippen LogP contribution in [0, 0.1) is 5.41 Å². The second-order valence-corrected chi connectivity index (χ2v) is 7.72. The van der Waals surface area contributed by atoms with Gasteiger partial charge >= 0.3 is 0 Å². The van der Waals surface area contributed by atoms with Crippen LogP contribution in [-0.2, 0) is 0 Å². The first-order valence-corrected chi connectivity index (χ1v) is 8.44. The monoisotopic (exact) mass is 294 g/mol. The van der Waals surface area contributed by atoms with E-state index in [4.69, 9.17) is 0 Å². The van der Waals surface area contributed by atoms with Gasteiger partial charge in [0.1, 0.15) is 0 Å². The van der Waals surface area contributed by atoms with Crippen molar-refractivity contribution >= 4 is 39.0 Å². The van der Waals surface area contributed by atoms with Crippen molar-refractivity contribution in [1.82, 2.24) is 4.98 Å². The highest BCUT2D eigenvalue weighted by Gasteiger charge is 2.47. The van der Waals surface area contributed by atoms with E-state index in [9.17, 15) is 5.11 Å². The molecule has 102 valence electrons. The van der Waals surface area contributed by atoms with Gasteiger partial charge in [0.2, 0.25) is 0 Å². The summed E-state index contributed by atoms with van der Waals surface area (Å²) in [6.07, 6.45) is 2.68. The molecular weight excluding hydrogens is 276 g/mol. The maximum atomic E-state index is 9.78. The van der Waals surface area contributed by atoms with Crippen molar-refractivity contribution in [3.8, 4) is 0 Å². The minimum atomic E-state index is -0.194. The minimum absolute atomic E-state index is 0.0485. The second-order valence-electron chi connectivity index (χ2n) is 5.64. The third-order valence-corrected chi connectivity index (χ3v) is 6.10. The van der Waals surface area contributed by atoms with Gasteiger partial charge in [-0.3, -0.25) is 0 Å². The molecule has 1 aliphatic rings. The fourth-order valence-electron chi connectivity index (χ4n) is 2.43. The molecule has 0 amide bonds. The summed E-state index contributed by atoms with van der Waals surface area (Å²) in [6.45, 7) is 4.21. The summed E-state index contributed by atoms with van der Waals surface area (Å²) in [7, 11) is 0. The van der Waals surface area contributed by atoms with Crippen LogP contribution in [0.4, 0.5) is 5.69 Å². The Hall–Kier alpha value is -0.780. The van der Waals surface area contributed by atoms with Gasteiger partial charge in [-0.2, -0.15) is 0 Å². The first-order valence-electron chi connectivity index (χ1n) is 6.40. The highest BCUT2D eigenvalue weighted by Crippen LogP contribution is 2.42. The van der Waals surface area contributed by atoms with Crippen LogP contribution in [0.5, 0.6) is 0 Å². The Balaban J connectivity index is 1.82. The topological polar surface area (TPSA) is 45.2 Å². The van der Waals surface area contributed by atoms with Crippen LogP contribution >= 0.6 is 23.1 Å². The Morgan fingerprint density at radius 2 is 2.26 bits per heavy atom. The standard InChI is InChI=1S/C14H18N2OS2/c1-14(2)11(7-12(14)17)15-8-4-5-9-10(6-8)19-13(16-9)18-3/h4-6,11-12,15,17H,7H2,1-3H3. The van der Waals surface area contributed by atoms with E-state index in [1.807, 2.05) is 0 Å². The fraction of sp³-hybridized carbons (Fsp3) is 0.500. The van der Waals surface area contributed by atoms with E-state index in [1.165, 1.54) is 4.70 Å². The van der Waals surface area contributed by atoms with Crippen molar-refractivity contribution < 1.29 is 5.11 Å². The Bertz CT molecular complexity index is 609. The maximum absolute atomic E-state index is 9.78. The molecule has 19 heavy (non-hydrogen) atoms. The molecule has 2 aromatic rings. The van der Waals surface area contributed by atoms with Gasteiger partial charge in [0.05, 0.1) is 16.3 Å². The maximum Gasteiger partial charge on any atom is 0.150 e. The summed E-state index contributed by atoms with van der Waals surface area (Å²) < 4.78 is 2.32. The molecule has 1 aliphatic carbocycles. The van der Waals surface area contributed by atoms with Crippen LogP contribution in [0.25, 0.3) is 10.2 Å². The van der Waals surface area contributed by atoms with Crippen molar-refractivity contribution in [3.63, 3.8) is 0 Å². The molecule has 1 saturated carbocycles. The van der Waals surface area contributed by atoms with Crippen molar-refractivity contribution in [1.29, 1.82) is 0 Å².